The predicted molar refractivity (Wildman–Crippen MR) is 119 cm³/mol. The quantitative estimate of drug-likeness (QED) is 0.684. The van der Waals surface area contributed by atoms with Gasteiger partial charge in [-0.15, -0.1) is 0 Å². The maximum atomic E-state index is 11.1. The topological polar surface area (TPSA) is 70.8 Å². The predicted octanol–water partition coefficient (Wildman–Crippen LogP) is 4.30. The van der Waals surface area contributed by atoms with E-state index >= 15 is 0 Å². The number of amides is 1. The van der Waals surface area contributed by atoms with Crippen LogP contribution in [0.2, 0.25) is 0 Å². The van der Waals surface area contributed by atoms with E-state index in [0.29, 0.717) is 13.1 Å². The summed E-state index contributed by atoms with van der Waals surface area (Å²) in [4.78, 5) is 14.9. The third kappa shape index (κ3) is 3.83. The van der Waals surface area contributed by atoms with Crippen molar-refractivity contribution < 1.29 is 14.6 Å². The number of carbonyl (C=O) groups is 1. The summed E-state index contributed by atoms with van der Waals surface area (Å²) in [6.45, 7) is 1.98. The summed E-state index contributed by atoms with van der Waals surface area (Å²) in [6.07, 6.45) is 5.52. The van der Waals surface area contributed by atoms with Gasteiger partial charge in [0.05, 0.1) is 6.20 Å². The van der Waals surface area contributed by atoms with Gasteiger partial charge in [-0.1, -0.05) is 18.2 Å². The number of fused-ring (bicyclic) bond motifs is 1. The number of likely N-dealkylation sites (tertiary alicyclic amines) is 1. The molecule has 1 N–H and O–H groups in total. The summed E-state index contributed by atoms with van der Waals surface area (Å²) in [5, 5.41) is 13.4. The first-order valence-electron chi connectivity index (χ1n) is 10.7. The first kappa shape index (κ1) is 19.5. The first-order chi connectivity index (χ1) is 15.1. The van der Waals surface area contributed by atoms with Gasteiger partial charge >= 0.3 is 6.09 Å². The molecular weight excluding hydrogens is 392 g/mol. The lowest BCUT2D eigenvalue weighted by molar-refractivity contribution is 0.0891. The molecule has 2 aliphatic rings. The fourth-order valence-electron chi connectivity index (χ4n) is 4.53. The molecule has 0 aliphatic carbocycles. The third-order valence-corrected chi connectivity index (χ3v) is 6.21. The Kier molecular flexibility index (Phi) is 5.02. The summed E-state index contributed by atoms with van der Waals surface area (Å²) >= 11 is 0. The third-order valence-electron chi connectivity index (χ3n) is 6.21. The minimum Gasteiger partial charge on any atom is -0.490 e. The van der Waals surface area contributed by atoms with Crippen LogP contribution >= 0.6 is 0 Å². The lowest BCUT2D eigenvalue weighted by atomic mass is 10.1. The van der Waals surface area contributed by atoms with Gasteiger partial charge in [0.15, 0.2) is 0 Å². The normalized spacial score (nSPS) is 16.4. The van der Waals surface area contributed by atoms with E-state index in [2.05, 4.69) is 40.3 Å². The van der Waals surface area contributed by atoms with Crippen LogP contribution in [-0.4, -0.2) is 51.6 Å². The van der Waals surface area contributed by atoms with Crippen LogP contribution in [0.4, 0.5) is 16.2 Å². The van der Waals surface area contributed by atoms with Gasteiger partial charge in [-0.3, -0.25) is 4.68 Å². The maximum absolute atomic E-state index is 11.1. The molecule has 2 aromatic carbocycles. The van der Waals surface area contributed by atoms with E-state index in [-0.39, 0.29) is 6.10 Å². The molecule has 0 radical (unpaired) electrons. The number of nitrogens with zero attached hydrogens (tertiary/aromatic N) is 4. The monoisotopic (exact) mass is 418 g/mol. The van der Waals surface area contributed by atoms with Crippen LogP contribution < -0.4 is 9.64 Å². The summed E-state index contributed by atoms with van der Waals surface area (Å²) < 4.78 is 8.15. The molecule has 160 valence electrons. The van der Waals surface area contributed by atoms with Gasteiger partial charge < -0.3 is 19.6 Å². The highest BCUT2D eigenvalue weighted by Gasteiger charge is 2.27. The van der Waals surface area contributed by atoms with E-state index in [0.717, 1.165) is 42.7 Å². The van der Waals surface area contributed by atoms with Crippen molar-refractivity contribution in [2.75, 3.05) is 24.5 Å². The van der Waals surface area contributed by atoms with Crippen molar-refractivity contribution >= 4 is 17.5 Å². The molecule has 1 saturated heterocycles. The largest absolute Gasteiger partial charge is 0.490 e. The molecule has 0 atom stereocenters. The average molecular weight is 418 g/mol. The SMILES string of the molecule is Cn1cc(-c2ccc(N3CCc4c(OC5CCN(C(=O)O)CC5)cccc43)cc2)cn1. The number of hydrogen-bond acceptors (Lipinski definition) is 4. The Morgan fingerprint density at radius 3 is 2.52 bits per heavy atom. The standard InChI is InChI=1S/C24H26N4O3/c1-26-16-18(15-25-26)17-5-7-19(8-6-17)28-14-11-21-22(28)3-2-4-23(21)31-20-9-12-27(13-10-20)24(29)30/h2-8,15-16,20H,9-14H2,1H3,(H,29,30). The van der Waals surface area contributed by atoms with Gasteiger partial charge in [-0.2, -0.15) is 5.10 Å². The Bertz CT molecular complexity index is 1080. The fourth-order valence-corrected chi connectivity index (χ4v) is 4.53. The summed E-state index contributed by atoms with van der Waals surface area (Å²) in [5.41, 5.74) is 5.86. The highest BCUT2D eigenvalue weighted by molar-refractivity contribution is 5.74. The second kappa shape index (κ2) is 7.98. The Morgan fingerprint density at radius 1 is 1.06 bits per heavy atom. The number of carboxylic acid groups (broad SMARTS) is 1. The molecule has 31 heavy (non-hydrogen) atoms. The molecule has 7 nitrogen and oxygen atoms in total. The number of aromatic nitrogens is 2. The lowest BCUT2D eigenvalue weighted by Gasteiger charge is -2.30. The van der Waals surface area contributed by atoms with Crippen LogP contribution in [-0.2, 0) is 13.5 Å². The van der Waals surface area contributed by atoms with Gasteiger partial charge in [0.1, 0.15) is 11.9 Å². The van der Waals surface area contributed by atoms with Crippen LogP contribution in [0, 0.1) is 0 Å². The molecule has 3 aromatic rings. The van der Waals surface area contributed by atoms with Crippen LogP contribution in [0.25, 0.3) is 11.1 Å². The van der Waals surface area contributed by atoms with Gasteiger partial charge in [-0.05, 0) is 36.2 Å². The molecule has 7 heteroatoms. The highest BCUT2D eigenvalue weighted by atomic mass is 16.5. The summed E-state index contributed by atoms with van der Waals surface area (Å²) in [7, 11) is 1.92. The van der Waals surface area contributed by atoms with Crippen LogP contribution in [0.5, 0.6) is 5.75 Å². The average Bonchev–Trinajstić information content (AvgIpc) is 3.41. The van der Waals surface area contributed by atoms with Crippen molar-refractivity contribution in [3.63, 3.8) is 0 Å². The van der Waals surface area contributed by atoms with Gasteiger partial charge in [0.2, 0.25) is 0 Å². The minimum absolute atomic E-state index is 0.0647. The molecule has 5 rings (SSSR count). The number of benzene rings is 2. The van der Waals surface area contributed by atoms with Gasteiger partial charge in [0, 0.05) is 68.2 Å². The van der Waals surface area contributed by atoms with Crippen molar-refractivity contribution in [3.8, 4) is 16.9 Å². The summed E-state index contributed by atoms with van der Waals surface area (Å²) in [6, 6.07) is 14.8. The Labute approximate surface area is 181 Å². The molecule has 0 saturated carbocycles. The molecule has 1 amide bonds. The van der Waals surface area contributed by atoms with E-state index in [1.54, 1.807) is 0 Å². The molecule has 0 bridgehead atoms. The Hall–Kier alpha value is -3.48. The minimum atomic E-state index is -0.843. The van der Waals surface area contributed by atoms with Crippen molar-refractivity contribution in [2.45, 2.75) is 25.4 Å². The number of piperidine rings is 1. The van der Waals surface area contributed by atoms with Crippen molar-refractivity contribution in [2.24, 2.45) is 7.05 Å². The number of hydrogen-bond donors (Lipinski definition) is 1. The zero-order valence-corrected chi connectivity index (χ0v) is 17.6. The van der Waals surface area contributed by atoms with Gasteiger partial charge in [-0.25, -0.2) is 4.79 Å². The van der Waals surface area contributed by atoms with E-state index in [1.807, 2.05) is 36.3 Å². The van der Waals surface area contributed by atoms with E-state index in [1.165, 1.54) is 21.8 Å². The van der Waals surface area contributed by atoms with Crippen molar-refractivity contribution in [1.29, 1.82) is 0 Å². The first-order valence-corrected chi connectivity index (χ1v) is 10.7. The van der Waals surface area contributed by atoms with Gasteiger partial charge in [0.25, 0.3) is 0 Å². The fraction of sp³-hybridized carbons (Fsp3) is 0.333. The molecule has 1 aromatic heterocycles. The maximum Gasteiger partial charge on any atom is 0.407 e. The number of ether oxygens (including phenoxy) is 1. The lowest BCUT2D eigenvalue weighted by Crippen LogP contribution is -2.41. The van der Waals surface area contributed by atoms with E-state index in [9.17, 15) is 4.79 Å². The highest BCUT2D eigenvalue weighted by Crippen LogP contribution is 2.40. The van der Waals surface area contributed by atoms with Crippen molar-refractivity contribution in [1.82, 2.24) is 14.7 Å². The number of aryl methyl sites for hydroxylation is 1. The molecule has 0 unspecified atom stereocenters. The number of rotatable bonds is 4. The molecular formula is C24H26N4O3. The molecule has 2 aliphatic heterocycles. The van der Waals surface area contributed by atoms with Crippen LogP contribution in [0.3, 0.4) is 0 Å². The number of anilines is 2. The summed E-state index contributed by atoms with van der Waals surface area (Å²) in [5.74, 6) is 0.931. The van der Waals surface area contributed by atoms with Crippen LogP contribution in [0.1, 0.15) is 18.4 Å². The second-order valence-electron chi connectivity index (χ2n) is 8.19. The zero-order valence-electron chi connectivity index (χ0n) is 17.6. The molecule has 3 heterocycles. The second-order valence-corrected chi connectivity index (χ2v) is 8.19. The molecule has 1 fully saturated rings. The Balaban J connectivity index is 1.32. The van der Waals surface area contributed by atoms with Crippen molar-refractivity contribution in [3.05, 3.63) is 60.4 Å². The zero-order chi connectivity index (χ0) is 21.4. The van der Waals surface area contributed by atoms with E-state index < -0.39 is 6.09 Å². The molecule has 0 spiro atoms. The Morgan fingerprint density at radius 2 is 1.84 bits per heavy atom. The smallest absolute Gasteiger partial charge is 0.407 e. The van der Waals surface area contributed by atoms with E-state index in [4.69, 9.17) is 9.84 Å². The van der Waals surface area contributed by atoms with Crippen LogP contribution in [0.15, 0.2) is 54.9 Å².